The van der Waals surface area contributed by atoms with Crippen LogP contribution in [0.5, 0.6) is 0 Å². The van der Waals surface area contributed by atoms with Crippen molar-refractivity contribution < 1.29 is 35.1 Å². The molecule has 5 N–H and O–H groups in total. The first-order valence-electron chi connectivity index (χ1n) is 40.6. The lowest BCUT2D eigenvalue weighted by molar-refractivity contribution is -0.140. The topological polar surface area (TPSA) is 127 Å². The molecule has 0 aromatic carbocycles. The predicted molar refractivity (Wildman–Crippen MR) is 403 cm³/mol. The second kappa shape index (κ2) is 27.3. The van der Waals surface area contributed by atoms with Gasteiger partial charge in [0, 0.05) is 5.92 Å². The number of hydrogen-bond donors (Lipinski definition) is 5. The molecule has 6 saturated carbocycles. The van der Waals surface area contributed by atoms with Crippen molar-refractivity contribution in [2.75, 3.05) is 0 Å². The molecule has 0 aliphatic heterocycles. The van der Waals surface area contributed by atoms with Crippen LogP contribution in [0.3, 0.4) is 0 Å². The molecule has 7 heteroatoms. The van der Waals surface area contributed by atoms with Crippen LogP contribution in [-0.4, -0.2) is 68.6 Å². The van der Waals surface area contributed by atoms with Gasteiger partial charge in [-0.05, 0) is 328 Å². The zero-order valence-corrected chi connectivity index (χ0v) is 66.7. The van der Waals surface area contributed by atoms with Crippen molar-refractivity contribution >= 4 is 6.47 Å². The maximum Gasteiger partial charge on any atom is 0.293 e. The summed E-state index contributed by atoms with van der Waals surface area (Å²) in [6.45, 7) is 55.0. The minimum Gasteiger partial charge on any atom is -0.464 e. The second-order valence-corrected chi connectivity index (χ2v) is 40.7. The Balaban J connectivity index is 0.000000158. The molecular formula is C90H148O7. The van der Waals surface area contributed by atoms with Crippen LogP contribution < -0.4 is 0 Å². The van der Waals surface area contributed by atoms with Crippen LogP contribution in [0.2, 0.25) is 0 Å². The van der Waals surface area contributed by atoms with Crippen LogP contribution >= 0.6 is 0 Å². The molecule has 3 unspecified atom stereocenters. The van der Waals surface area contributed by atoms with Crippen LogP contribution in [0.1, 0.15) is 339 Å². The standard InChI is InChI=1S/C30H48O3.2C30H50O2/c1-20(2)9-8-10-24(33-19-31)23-14-18-29(6)22-11-12-25-27(3,4)26(32)15-16-28(25,5)21(22)13-17-30(23,29)7;2*1-19(2)9-11-24(31)20(3)21-13-17-30(8)23-10-12-25-27(4,5)26(32)15-16-28(25,6)22(23)14-18-29(21,30)7/h9,19,23-26,32H,8,10-18H2,1-7H3;2*9,20-21,24-26,31-32H,10-18H2,1-8H3/t23-,24-,25?,26+,28-,29+,30-;20-,21+,24+,25?,26-,28+,29+,30-;20-,21+,24-,25?,26-,28+,29+,30-/m100/s1. The zero-order valence-electron chi connectivity index (χ0n) is 66.7. The fraction of sp³-hybridized carbons (Fsp3) is 0.856. The van der Waals surface area contributed by atoms with E-state index in [9.17, 15) is 30.3 Å². The molecule has 12 aliphatic carbocycles. The van der Waals surface area contributed by atoms with Gasteiger partial charge in [-0.25, -0.2) is 0 Å². The summed E-state index contributed by atoms with van der Waals surface area (Å²) < 4.78 is 5.79. The largest absolute Gasteiger partial charge is 0.464 e. The molecule has 12 aliphatic rings. The van der Waals surface area contributed by atoms with E-state index in [1.54, 1.807) is 33.4 Å². The fourth-order valence-corrected chi connectivity index (χ4v) is 28.1. The summed E-state index contributed by atoms with van der Waals surface area (Å²) >= 11 is 0. The first kappa shape index (κ1) is 77.3. The van der Waals surface area contributed by atoms with Gasteiger partial charge in [0.25, 0.3) is 6.47 Å². The van der Waals surface area contributed by atoms with E-state index in [4.69, 9.17) is 4.74 Å². The first-order chi connectivity index (χ1) is 45.0. The van der Waals surface area contributed by atoms with Gasteiger partial charge < -0.3 is 30.3 Å². The summed E-state index contributed by atoms with van der Waals surface area (Å²) in [7, 11) is 0. The zero-order chi connectivity index (χ0) is 71.6. The maximum absolute atomic E-state index is 11.5. The van der Waals surface area contributed by atoms with Crippen molar-refractivity contribution in [3.8, 4) is 0 Å². The molecule has 0 saturated heterocycles. The summed E-state index contributed by atoms with van der Waals surface area (Å²) in [6, 6.07) is 0. The molecule has 0 aromatic heterocycles. The van der Waals surface area contributed by atoms with Gasteiger partial charge >= 0.3 is 0 Å². The highest BCUT2D eigenvalue weighted by Crippen LogP contribution is 2.76. The van der Waals surface area contributed by atoms with E-state index in [0.29, 0.717) is 53.8 Å². The van der Waals surface area contributed by atoms with Gasteiger partial charge in [-0.1, -0.05) is 186 Å². The summed E-state index contributed by atoms with van der Waals surface area (Å²) in [5.41, 5.74) is 16.8. The van der Waals surface area contributed by atoms with Crippen molar-refractivity contribution in [2.24, 2.45) is 112 Å². The van der Waals surface area contributed by atoms with Gasteiger partial charge in [-0.15, -0.1) is 0 Å². The molecule has 6 fully saturated rings. The molecular weight excluding hydrogens is 1190 g/mol. The molecule has 23 atom stereocenters. The minimum absolute atomic E-state index is 0.00888. The average molecular weight is 1340 g/mol. The maximum atomic E-state index is 11.5. The fourth-order valence-electron chi connectivity index (χ4n) is 28.1. The van der Waals surface area contributed by atoms with Crippen molar-refractivity contribution in [3.63, 3.8) is 0 Å². The third-order valence-electron chi connectivity index (χ3n) is 35.1. The van der Waals surface area contributed by atoms with Gasteiger partial charge in [0.15, 0.2) is 0 Å². The van der Waals surface area contributed by atoms with Crippen molar-refractivity contribution in [2.45, 2.75) is 376 Å². The molecule has 0 spiro atoms. The minimum atomic E-state index is -0.238. The number of fused-ring (bicyclic) bond motifs is 12. The Morgan fingerprint density at radius 3 is 1.00 bits per heavy atom. The third kappa shape index (κ3) is 12.3. The number of hydrogen-bond acceptors (Lipinski definition) is 7. The van der Waals surface area contributed by atoms with E-state index in [0.717, 1.165) is 70.6 Å². The highest BCUT2D eigenvalue weighted by molar-refractivity contribution is 5.43. The SMILES string of the molecule is CC(C)=CCC[C@@H](OC=O)[C@H]1CC[C@@]2(C)C3=C(CC[C@]12C)[C@@]1(C)CC[C@H](O)C(C)(C)C1CC3.CC(C)=CC[C@@H](O)[C@@H](C)[C@H]1CC[C@@]2(C)C3=C(CC[C@]12C)[C@@]1(C)CC[C@H](O)C(C)(C)C1CC3.CC(C)=CC[C@H](O)[C@@H](C)[C@H]1CC[C@@]2(C)C3=C(CC[C@]12C)[C@@]1(C)CC[C@H](O)C(C)(C)C1CC3. The predicted octanol–water partition coefficient (Wildman–Crippen LogP) is 22.3. The summed E-state index contributed by atoms with van der Waals surface area (Å²) in [4.78, 5) is 11.5. The molecule has 0 heterocycles. The van der Waals surface area contributed by atoms with Gasteiger partial charge in [-0.2, -0.15) is 0 Å². The molecule has 0 aromatic rings. The lowest BCUT2D eigenvalue weighted by atomic mass is 9.43. The highest BCUT2D eigenvalue weighted by atomic mass is 16.5. The number of ether oxygens (including phenoxy) is 1. The van der Waals surface area contributed by atoms with Crippen LogP contribution in [0.4, 0.5) is 0 Å². The summed E-state index contributed by atoms with van der Waals surface area (Å²) in [5.74, 6) is 4.05. The van der Waals surface area contributed by atoms with E-state index >= 15 is 0 Å². The Morgan fingerprint density at radius 1 is 0.402 bits per heavy atom. The number of aliphatic hydroxyl groups excluding tert-OH is 5. The van der Waals surface area contributed by atoms with Gasteiger partial charge in [0.05, 0.1) is 30.5 Å². The quantitative estimate of drug-likeness (QED) is 0.0866. The van der Waals surface area contributed by atoms with Crippen molar-refractivity contribution in [1.82, 2.24) is 0 Å². The normalized spacial score (nSPS) is 44.1. The van der Waals surface area contributed by atoms with E-state index in [2.05, 4.69) is 177 Å². The highest BCUT2D eigenvalue weighted by Gasteiger charge is 2.68. The van der Waals surface area contributed by atoms with Crippen LogP contribution in [-0.2, 0) is 9.53 Å². The summed E-state index contributed by atoms with van der Waals surface area (Å²) in [5, 5.41) is 54.5. The molecule has 7 nitrogen and oxygen atoms in total. The molecule has 0 radical (unpaired) electrons. The smallest absolute Gasteiger partial charge is 0.293 e. The van der Waals surface area contributed by atoms with Crippen LogP contribution in [0.25, 0.3) is 0 Å². The number of carbonyl (C=O) groups is 1. The average Bonchev–Trinajstić information content (AvgIpc) is 1.65. The van der Waals surface area contributed by atoms with E-state index < -0.39 is 0 Å². The Kier molecular flexibility index (Phi) is 21.8. The van der Waals surface area contributed by atoms with E-state index in [1.807, 2.05) is 0 Å². The molecule has 97 heavy (non-hydrogen) atoms. The van der Waals surface area contributed by atoms with Gasteiger partial charge in [-0.3, -0.25) is 4.79 Å². The number of aliphatic hydroxyl groups is 5. The van der Waals surface area contributed by atoms with Crippen molar-refractivity contribution in [3.05, 3.63) is 68.4 Å². The Hall–Kier alpha value is -2.29. The second-order valence-electron chi connectivity index (χ2n) is 40.7. The number of carbonyl (C=O) groups excluding carboxylic acids is 1. The van der Waals surface area contributed by atoms with E-state index in [1.165, 1.54) is 126 Å². The molecule has 12 rings (SSSR count). The van der Waals surface area contributed by atoms with Crippen LogP contribution in [0.15, 0.2) is 68.4 Å². The lowest BCUT2D eigenvalue weighted by Gasteiger charge is -2.62. The van der Waals surface area contributed by atoms with Gasteiger partial charge in [0.1, 0.15) is 6.10 Å². The van der Waals surface area contributed by atoms with E-state index in [-0.39, 0.29) is 102 Å². The third-order valence-corrected chi connectivity index (χ3v) is 35.1. The van der Waals surface area contributed by atoms with Gasteiger partial charge in [0.2, 0.25) is 0 Å². The summed E-state index contributed by atoms with van der Waals surface area (Å²) in [6.07, 6.45) is 37.5. The first-order valence-corrected chi connectivity index (χ1v) is 40.6. The van der Waals surface area contributed by atoms with Crippen LogP contribution in [0, 0.1) is 112 Å². The number of allylic oxidation sites excluding steroid dienone is 10. The molecule has 550 valence electrons. The Morgan fingerprint density at radius 2 is 0.701 bits per heavy atom. The number of rotatable bonds is 14. The lowest BCUT2D eigenvalue weighted by Crippen LogP contribution is -2.55. The molecule has 0 bridgehead atoms. The Bertz CT molecular complexity index is 2950. The van der Waals surface area contributed by atoms with Crippen molar-refractivity contribution in [1.29, 1.82) is 0 Å². The monoisotopic (exact) mass is 1340 g/mol. The molecule has 0 amide bonds. The Labute approximate surface area is 594 Å².